The summed E-state index contributed by atoms with van der Waals surface area (Å²) >= 11 is 0. The average Bonchev–Trinajstić information content (AvgIpc) is 2.29. The molecule has 0 aromatic heterocycles. The molecule has 0 aromatic rings. The third kappa shape index (κ3) is 13.8. The lowest BCUT2D eigenvalue weighted by Gasteiger charge is -2.12. The largest absolute Gasteiger partial charge is 0.379 e. The molecule has 0 aliphatic heterocycles. The Hall–Kier alpha value is -0.120. The first-order chi connectivity index (χ1) is 8.16. The van der Waals surface area contributed by atoms with E-state index in [2.05, 4.69) is 26.1 Å². The van der Waals surface area contributed by atoms with Crippen molar-refractivity contribution in [3.8, 4) is 0 Å². The van der Waals surface area contributed by atoms with Crippen LogP contribution in [-0.2, 0) is 9.47 Å². The molecule has 0 bridgehead atoms. The van der Waals surface area contributed by atoms with E-state index in [4.69, 9.17) is 9.47 Å². The van der Waals surface area contributed by atoms with Crippen LogP contribution in [0.2, 0.25) is 0 Å². The normalized spacial score (nSPS) is 13.2. The zero-order valence-corrected chi connectivity index (χ0v) is 12.1. The number of hydrogen-bond donors (Lipinski definition) is 1. The van der Waals surface area contributed by atoms with Crippen molar-refractivity contribution in [2.45, 2.75) is 65.5 Å². The van der Waals surface area contributed by atoms with Gasteiger partial charge in [0.25, 0.3) is 0 Å². The first kappa shape index (κ1) is 16.9. The van der Waals surface area contributed by atoms with Crippen molar-refractivity contribution in [3.63, 3.8) is 0 Å². The van der Waals surface area contributed by atoms with Crippen molar-refractivity contribution in [2.75, 3.05) is 26.4 Å². The van der Waals surface area contributed by atoms with E-state index in [0.29, 0.717) is 6.04 Å². The number of rotatable bonds is 12. The first-order valence-corrected chi connectivity index (χ1v) is 7.09. The van der Waals surface area contributed by atoms with E-state index in [1.165, 1.54) is 19.3 Å². The molecule has 0 fully saturated rings. The highest BCUT2D eigenvalue weighted by Crippen LogP contribution is 2.01. The van der Waals surface area contributed by atoms with Crippen LogP contribution in [0.3, 0.4) is 0 Å². The fourth-order valence-electron chi connectivity index (χ4n) is 1.59. The summed E-state index contributed by atoms with van der Waals surface area (Å²) in [6.07, 6.45) is 5.23. The van der Waals surface area contributed by atoms with Gasteiger partial charge in [-0.05, 0) is 33.2 Å². The van der Waals surface area contributed by atoms with E-state index in [9.17, 15) is 0 Å². The van der Waals surface area contributed by atoms with Gasteiger partial charge in [0, 0.05) is 19.3 Å². The first-order valence-electron chi connectivity index (χ1n) is 7.09. The molecule has 0 saturated heterocycles. The van der Waals surface area contributed by atoms with Gasteiger partial charge >= 0.3 is 0 Å². The molecular formula is C14H31NO2. The summed E-state index contributed by atoms with van der Waals surface area (Å²) in [7, 11) is 0. The fraction of sp³-hybridized carbons (Fsp3) is 1.00. The summed E-state index contributed by atoms with van der Waals surface area (Å²) in [6.45, 7) is 12.0. The Kier molecular flexibility index (Phi) is 12.3. The van der Waals surface area contributed by atoms with E-state index >= 15 is 0 Å². The van der Waals surface area contributed by atoms with Gasteiger partial charge in [0.05, 0.1) is 12.7 Å². The topological polar surface area (TPSA) is 30.5 Å². The van der Waals surface area contributed by atoms with Gasteiger partial charge < -0.3 is 14.8 Å². The predicted octanol–water partition coefficient (Wildman–Crippen LogP) is 2.99. The lowest BCUT2D eigenvalue weighted by molar-refractivity contribution is -0.00458. The average molecular weight is 245 g/mol. The van der Waals surface area contributed by atoms with Gasteiger partial charge in [-0.15, -0.1) is 0 Å². The van der Waals surface area contributed by atoms with Crippen LogP contribution < -0.4 is 5.32 Å². The lowest BCUT2D eigenvalue weighted by atomic mass is 10.2. The second-order valence-electron chi connectivity index (χ2n) is 4.86. The van der Waals surface area contributed by atoms with Crippen molar-refractivity contribution in [3.05, 3.63) is 0 Å². The van der Waals surface area contributed by atoms with E-state index in [1.807, 2.05) is 6.92 Å². The third-order valence-electron chi connectivity index (χ3n) is 2.58. The standard InChI is InChI=1S/C14H31NO2/c1-5-16-12-14(4)17-11-9-7-6-8-10-15-13(2)3/h13-15H,5-12H2,1-4H3. The molecule has 0 amide bonds. The van der Waals surface area contributed by atoms with E-state index < -0.39 is 0 Å². The summed E-state index contributed by atoms with van der Waals surface area (Å²) in [4.78, 5) is 0. The number of nitrogens with one attached hydrogen (secondary N) is 1. The Balaban J connectivity index is 3.07. The second kappa shape index (κ2) is 12.3. The maximum absolute atomic E-state index is 5.65. The van der Waals surface area contributed by atoms with E-state index in [1.54, 1.807) is 0 Å². The molecule has 17 heavy (non-hydrogen) atoms. The molecule has 0 rings (SSSR count). The van der Waals surface area contributed by atoms with Crippen LogP contribution in [0.4, 0.5) is 0 Å². The summed E-state index contributed by atoms with van der Waals surface area (Å²) in [6, 6.07) is 0.609. The Bertz CT molecular complexity index is 151. The molecule has 1 N–H and O–H groups in total. The van der Waals surface area contributed by atoms with Crippen LogP contribution in [0.25, 0.3) is 0 Å². The highest BCUT2D eigenvalue weighted by molar-refractivity contribution is 4.53. The Labute approximate surface area is 107 Å². The van der Waals surface area contributed by atoms with Crippen molar-refractivity contribution >= 4 is 0 Å². The SMILES string of the molecule is CCOCC(C)OCCCCCCNC(C)C. The molecule has 3 heteroatoms. The fourth-order valence-corrected chi connectivity index (χ4v) is 1.59. The third-order valence-corrected chi connectivity index (χ3v) is 2.58. The number of hydrogen-bond acceptors (Lipinski definition) is 3. The smallest absolute Gasteiger partial charge is 0.0780 e. The van der Waals surface area contributed by atoms with Crippen LogP contribution in [-0.4, -0.2) is 38.5 Å². The highest BCUT2D eigenvalue weighted by atomic mass is 16.5. The molecule has 0 heterocycles. The zero-order chi connectivity index (χ0) is 12.9. The maximum atomic E-state index is 5.65. The molecule has 1 atom stereocenters. The summed E-state index contributed by atoms with van der Waals surface area (Å²) in [5.41, 5.74) is 0. The molecule has 0 saturated carbocycles. The van der Waals surface area contributed by atoms with Gasteiger partial charge in [-0.1, -0.05) is 26.7 Å². The monoisotopic (exact) mass is 245 g/mol. The maximum Gasteiger partial charge on any atom is 0.0780 e. The van der Waals surface area contributed by atoms with Gasteiger partial charge in [-0.25, -0.2) is 0 Å². The Morgan fingerprint density at radius 3 is 2.35 bits per heavy atom. The molecule has 0 spiro atoms. The molecule has 1 unspecified atom stereocenters. The van der Waals surface area contributed by atoms with Crippen molar-refractivity contribution in [1.29, 1.82) is 0 Å². The molecule has 104 valence electrons. The van der Waals surface area contributed by atoms with Crippen LogP contribution in [0.5, 0.6) is 0 Å². The molecule has 0 aliphatic carbocycles. The van der Waals surface area contributed by atoms with Gasteiger partial charge in [0.2, 0.25) is 0 Å². The summed E-state index contributed by atoms with van der Waals surface area (Å²) in [5, 5.41) is 3.43. The van der Waals surface area contributed by atoms with E-state index in [-0.39, 0.29) is 6.10 Å². The van der Waals surface area contributed by atoms with Crippen LogP contribution in [0.1, 0.15) is 53.4 Å². The minimum atomic E-state index is 0.234. The van der Waals surface area contributed by atoms with Crippen LogP contribution in [0.15, 0.2) is 0 Å². The minimum absolute atomic E-state index is 0.234. The van der Waals surface area contributed by atoms with Crippen molar-refractivity contribution < 1.29 is 9.47 Å². The van der Waals surface area contributed by atoms with Gasteiger partial charge in [0.15, 0.2) is 0 Å². The van der Waals surface area contributed by atoms with E-state index in [0.717, 1.165) is 32.8 Å². The molecule has 3 nitrogen and oxygen atoms in total. The lowest BCUT2D eigenvalue weighted by Crippen LogP contribution is -2.23. The summed E-state index contributed by atoms with van der Waals surface area (Å²) < 4.78 is 10.9. The van der Waals surface area contributed by atoms with Crippen molar-refractivity contribution in [2.24, 2.45) is 0 Å². The highest BCUT2D eigenvalue weighted by Gasteiger charge is 2.00. The van der Waals surface area contributed by atoms with Gasteiger partial charge in [0.1, 0.15) is 0 Å². The Morgan fingerprint density at radius 1 is 1.00 bits per heavy atom. The molecule has 0 aromatic carbocycles. The van der Waals surface area contributed by atoms with Crippen molar-refractivity contribution in [1.82, 2.24) is 5.32 Å². The molecule has 0 radical (unpaired) electrons. The van der Waals surface area contributed by atoms with Gasteiger partial charge in [-0.3, -0.25) is 0 Å². The predicted molar refractivity (Wildman–Crippen MR) is 73.5 cm³/mol. The van der Waals surface area contributed by atoms with Gasteiger partial charge in [-0.2, -0.15) is 0 Å². The zero-order valence-electron chi connectivity index (χ0n) is 12.1. The Morgan fingerprint density at radius 2 is 1.71 bits per heavy atom. The number of unbranched alkanes of at least 4 members (excludes halogenated alkanes) is 3. The number of ether oxygens (including phenoxy) is 2. The van der Waals surface area contributed by atoms with Crippen LogP contribution >= 0.6 is 0 Å². The second-order valence-corrected chi connectivity index (χ2v) is 4.86. The molecular weight excluding hydrogens is 214 g/mol. The quantitative estimate of drug-likeness (QED) is 0.536. The minimum Gasteiger partial charge on any atom is -0.379 e. The van der Waals surface area contributed by atoms with Crippen LogP contribution in [0, 0.1) is 0 Å². The summed E-state index contributed by atoms with van der Waals surface area (Å²) in [5.74, 6) is 0. The molecule has 0 aliphatic rings.